The van der Waals surface area contributed by atoms with Gasteiger partial charge in [-0.1, -0.05) is 29.8 Å². The quantitative estimate of drug-likeness (QED) is 0.709. The van der Waals surface area contributed by atoms with E-state index in [0.717, 1.165) is 10.4 Å². The molecule has 1 aromatic carbocycles. The summed E-state index contributed by atoms with van der Waals surface area (Å²) in [6, 6.07) is 6.95. The molecule has 0 aliphatic heterocycles. The molecule has 90 valence electrons. The normalized spacial score (nSPS) is 13.1. The molecule has 1 rings (SSSR count). The summed E-state index contributed by atoms with van der Waals surface area (Å²) in [5.74, 6) is 0.765. The monoisotopic (exact) mass is 395 g/mol. The van der Waals surface area contributed by atoms with Crippen LogP contribution in [-0.2, 0) is 0 Å². The first-order chi connectivity index (χ1) is 7.54. The van der Waals surface area contributed by atoms with Gasteiger partial charge in [-0.3, -0.25) is 0 Å². The molecular weight excluding hydrogens is 377 g/mol. The third-order valence-corrected chi connectivity index (χ3v) is 4.19. The van der Waals surface area contributed by atoms with Gasteiger partial charge >= 0.3 is 0 Å². The Labute approximate surface area is 121 Å². The Balaban J connectivity index is 2.81. The van der Waals surface area contributed by atoms with Gasteiger partial charge in [-0.25, -0.2) is 0 Å². The van der Waals surface area contributed by atoms with Gasteiger partial charge < -0.3 is 5.32 Å². The van der Waals surface area contributed by atoms with Gasteiger partial charge in [-0.15, -0.1) is 0 Å². The first kappa shape index (κ1) is 14.5. The predicted molar refractivity (Wildman–Crippen MR) is 82.7 cm³/mol. The lowest BCUT2D eigenvalue weighted by atomic mass is 9.98. The van der Waals surface area contributed by atoms with Crippen molar-refractivity contribution in [2.75, 3.05) is 7.05 Å². The standard InChI is InChI=1S/C13H19BrIN/c1-9(2)4-7-13(16-3)11-8-10(14)5-6-12(11)15/h5-6,8-9,13,16H,4,7H2,1-3H3. The van der Waals surface area contributed by atoms with E-state index in [1.165, 1.54) is 22.0 Å². The van der Waals surface area contributed by atoms with E-state index in [0.29, 0.717) is 6.04 Å². The largest absolute Gasteiger partial charge is 0.313 e. The molecule has 0 aromatic heterocycles. The molecule has 0 aliphatic rings. The lowest BCUT2D eigenvalue weighted by Crippen LogP contribution is -2.18. The van der Waals surface area contributed by atoms with Crippen molar-refractivity contribution in [1.29, 1.82) is 0 Å². The summed E-state index contributed by atoms with van der Waals surface area (Å²) in [6.07, 6.45) is 2.45. The van der Waals surface area contributed by atoms with Crippen molar-refractivity contribution >= 4 is 38.5 Å². The van der Waals surface area contributed by atoms with Crippen molar-refractivity contribution in [2.45, 2.75) is 32.7 Å². The van der Waals surface area contributed by atoms with E-state index in [1.807, 2.05) is 7.05 Å². The average molecular weight is 396 g/mol. The maximum Gasteiger partial charge on any atom is 0.0328 e. The zero-order valence-electron chi connectivity index (χ0n) is 10.1. The number of hydrogen-bond acceptors (Lipinski definition) is 1. The van der Waals surface area contributed by atoms with Gasteiger partial charge in [0.2, 0.25) is 0 Å². The van der Waals surface area contributed by atoms with Crippen LogP contribution >= 0.6 is 38.5 Å². The highest BCUT2D eigenvalue weighted by atomic mass is 127. The zero-order valence-corrected chi connectivity index (χ0v) is 13.8. The summed E-state index contributed by atoms with van der Waals surface area (Å²) >= 11 is 5.95. The van der Waals surface area contributed by atoms with Crippen molar-refractivity contribution in [3.8, 4) is 0 Å². The fourth-order valence-corrected chi connectivity index (χ4v) is 2.83. The van der Waals surface area contributed by atoms with Crippen LogP contribution in [0.4, 0.5) is 0 Å². The Morgan fingerprint density at radius 1 is 1.31 bits per heavy atom. The van der Waals surface area contributed by atoms with E-state index >= 15 is 0 Å². The molecule has 0 amide bonds. The molecule has 0 saturated heterocycles. The third-order valence-electron chi connectivity index (χ3n) is 2.71. The first-order valence-electron chi connectivity index (χ1n) is 5.66. The van der Waals surface area contributed by atoms with Crippen LogP contribution in [0.5, 0.6) is 0 Å². The van der Waals surface area contributed by atoms with Crippen LogP contribution in [-0.4, -0.2) is 7.05 Å². The van der Waals surface area contributed by atoms with Crippen molar-refractivity contribution in [3.63, 3.8) is 0 Å². The molecule has 0 saturated carbocycles. The second kappa shape index (κ2) is 6.97. The maximum atomic E-state index is 3.54. The van der Waals surface area contributed by atoms with E-state index < -0.39 is 0 Å². The van der Waals surface area contributed by atoms with Gasteiger partial charge in [-0.05, 0) is 72.2 Å². The highest BCUT2D eigenvalue weighted by Crippen LogP contribution is 2.27. The van der Waals surface area contributed by atoms with Gasteiger partial charge in [0, 0.05) is 14.1 Å². The Morgan fingerprint density at radius 3 is 2.56 bits per heavy atom. The molecule has 0 spiro atoms. The van der Waals surface area contributed by atoms with E-state index in [1.54, 1.807) is 0 Å². The average Bonchev–Trinajstić information content (AvgIpc) is 2.23. The number of hydrogen-bond donors (Lipinski definition) is 1. The minimum atomic E-state index is 0.465. The molecule has 3 heteroatoms. The summed E-state index contributed by atoms with van der Waals surface area (Å²) in [5.41, 5.74) is 1.40. The summed E-state index contributed by atoms with van der Waals surface area (Å²) in [7, 11) is 2.04. The van der Waals surface area contributed by atoms with E-state index in [9.17, 15) is 0 Å². The minimum absolute atomic E-state index is 0.465. The Bertz CT molecular complexity index is 339. The van der Waals surface area contributed by atoms with Gasteiger partial charge in [0.15, 0.2) is 0 Å². The van der Waals surface area contributed by atoms with Crippen LogP contribution in [0.2, 0.25) is 0 Å². The molecule has 0 fully saturated rings. The molecule has 0 bridgehead atoms. The Morgan fingerprint density at radius 2 is 2.00 bits per heavy atom. The lowest BCUT2D eigenvalue weighted by Gasteiger charge is -2.19. The molecule has 0 radical (unpaired) electrons. The molecule has 0 aliphatic carbocycles. The fraction of sp³-hybridized carbons (Fsp3) is 0.538. The molecule has 16 heavy (non-hydrogen) atoms. The number of halogens is 2. The van der Waals surface area contributed by atoms with Crippen LogP contribution in [0.25, 0.3) is 0 Å². The summed E-state index contributed by atoms with van der Waals surface area (Å²) < 4.78 is 2.50. The van der Waals surface area contributed by atoms with Crippen molar-refractivity contribution in [1.82, 2.24) is 5.32 Å². The highest BCUT2D eigenvalue weighted by Gasteiger charge is 2.13. The van der Waals surface area contributed by atoms with Crippen molar-refractivity contribution in [2.24, 2.45) is 5.92 Å². The van der Waals surface area contributed by atoms with Crippen LogP contribution in [0, 0.1) is 9.49 Å². The smallest absolute Gasteiger partial charge is 0.0328 e. The van der Waals surface area contributed by atoms with E-state index in [4.69, 9.17) is 0 Å². The van der Waals surface area contributed by atoms with Crippen molar-refractivity contribution in [3.05, 3.63) is 31.8 Å². The predicted octanol–water partition coefficient (Wildman–Crippen LogP) is 4.75. The molecule has 1 atom stereocenters. The number of rotatable bonds is 5. The molecule has 1 N–H and O–H groups in total. The number of benzene rings is 1. The Kier molecular flexibility index (Phi) is 6.29. The molecule has 1 aromatic rings. The minimum Gasteiger partial charge on any atom is -0.313 e. The van der Waals surface area contributed by atoms with Gasteiger partial charge in [0.05, 0.1) is 0 Å². The van der Waals surface area contributed by atoms with Crippen LogP contribution in [0.3, 0.4) is 0 Å². The molecule has 1 unspecified atom stereocenters. The SMILES string of the molecule is CNC(CCC(C)C)c1cc(Br)ccc1I. The Hall–Kier alpha value is 0.390. The second-order valence-corrected chi connectivity index (χ2v) is 6.56. The summed E-state index contributed by atoms with van der Waals surface area (Å²) in [5, 5.41) is 3.42. The van der Waals surface area contributed by atoms with Crippen LogP contribution < -0.4 is 5.32 Å². The lowest BCUT2D eigenvalue weighted by molar-refractivity contribution is 0.464. The summed E-state index contributed by atoms with van der Waals surface area (Å²) in [6.45, 7) is 4.55. The highest BCUT2D eigenvalue weighted by molar-refractivity contribution is 14.1. The third kappa shape index (κ3) is 4.34. The van der Waals surface area contributed by atoms with Gasteiger partial charge in [0.25, 0.3) is 0 Å². The van der Waals surface area contributed by atoms with Crippen LogP contribution in [0.1, 0.15) is 38.3 Å². The molecular formula is C13H19BrIN. The molecule has 1 nitrogen and oxygen atoms in total. The zero-order chi connectivity index (χ0) is 12.1. The van der Waals surface area contributed by atoms with Crippen LogP contribution in [0.15, 0.2) is 22.7 Å². The van der Waals surface area contributed by atoms with E-state index in [2.05, 4.69) is 75.9 Å². The summed E-state index contributed by atoms with van der Waals surface area (Å²) in [4.78, 5) is 0. The number of nitrogens with one attached hydrogen (secondary N) is 1. The topological polar surface area (TPSA) is 12.0 Å². The fourth-order valence-electron chi connectivity index (χ4n) is 1.74. The molecule has 0 heterocycles. The van der Waals surface area contributed by atoms with Crippen molar-refractivity contribution < 1.29 is 0 Å². The van der Waals surface area contributed by atoms with Gasteiger partial charge in [0.1, 0.15) is 0 Å². The first-order valence-corrected chi connectivity index (χ1v) is 7.54. The maximum absolute atomic E-state index is 3.54. The van der Waals surface area contributed by atoms with E-state index in [-0.39, 0.29) is 0 Å². The second-order valence-electron chi connectivity index (χ2n) is 4.48. The van der Waals surface area contributed by atoms with Gasteiger partial charge in [-0.2, -0.15) is 0 Å².